The minimum absolute atomic E-state index is 0.0975. The number of rotatable bonds is 6. The van der Waals surface area contributed by atoms with Crippen LogP contribution < -0.4 is 14.9 Å². The molecule has 0 bridgehead atoms. The number of nitrogens with zero attached hydrogens (tertiary/aromatic N) is 2. The lowest BCUT2D eigenvalue weighted by Gasteiger charge is -2.17. The van der Waals surface area contributed by atoms with Crippen LogP contribution in [0, 0.1) is 0 Å². The zero-order chi connectivity index (χ0) is 17.4. The van der Waals surface area contributed by atoms with E-state index in [1.807, 2.05) is 6.07 Å². The number of hydrogen-bond donors (Lipinski definition) is 1. The molecule has 132 valence electrons. The maximum atomic E-state index is 12.0. The Balaban J connectivity index is 1.93. The molecule has 0 radical (unpaired) electrons. The highest BCUT2D eigenvalue weighted by Gasteiger charge is 2.12. The number of amides is 1. The Kier molecular flexibility index (Phi) is 7.52. The average Bonchev–Trinajstić information content (AvgIpc) is 2.83. The van der Waals surface area contributed by atoms with Crippen LogP contribution in [0.3, 0.4) is 0 Å². The molecule has 1 aromatic carbocycles. The van der Waals surface area contributed by atoms with E-state index in [9.17, 15) is 4.79 Å². The lowest BCUT2D eigenvalue weighted by atomic mass is 10.2. The van der Waals surface area contributed by atoms with E-state index in [0.717, 1.165) is 36.0 Å². The fourth-order valence-corrected chi connectivity index (χ4v) is 3.21. The number of nitrogens with one attached hydrogen (secondary N) is 1. The Morgan fingerprint density at radius 1 is 1.21 bits per heavy atom. The Bertz CT molecular complexity index is 585. The molecule has 24 heavy (non-hydrogen) atoms. The first-order chi connectivity index (χ1) is 11.6. The molecule has 2 rings (SSSR count). The van der Waals surface area contributed by atoms with Gasteiger partial charge >= 0.3 is 0 Å². The summed E-state index contributed by atoms with van der Waals surface area (Å²) in [7, 11) is 3.17. The van der Waals surface area contributed by atoms with Gasteiger partial charge in [0.25, 0.3) is 5.91 Å². The molecule has 6 nitrogen and oxygen atoms in total. The summed E-state index contributed by atoms with van der Waals surface area (Å²) < 4.78 is 11.4. The van der Waals surface area contributed by atoms with Gasteiger partial charge < -0.3 is 9.47 Å². The van der Waals surface area contributed by atoms with Crippen LogP contribution in [0.2, 0.25) is 0 Å². The van der Waals surface area contributed by atoms with Crippen molar-refractivity contribution in [2.75, 3.05) is 33.9 Å². The van der Waals surface area contributed by atoms with Crippen molar-refractivity contribution in [1.29, 1.82) is 0 Å². The summed E-state index contributed by atoms with van der Waals surface area (Å²) in [4.78, 5) is 14.2. The van der Waals surface area contributed by atoms with Crippen molar-refractivity contribution in [2.24, 2.45) is 5.10 Å². The number of hydrazone groups is 1. The molecule has 0 saturated carbocycles. The van der Waals surface area contributed by atoms with Crippen molar-refractivity contribution in [2.45, 2.75) is 25.7 Å². The summed E-state index contributed by atoms with van der Waals surface area (Å²) >= 11 is 3.43. The van der Waals surface area contributed by atoms with Gasteiger partial charge in [-0.1, -0.05) is 12.8 Å². The van der Waals surface area contributed by atoms with Gasteiger partial charge in [0, 0.05) is 11.6 Å². The van der Waals surface area contributed by atoms with Crippen LogP contribution in [-0.2, 0) is 4.79 Å². The van der Waals surface area contributed by atoms with E-state index < -0.39 is 0 Å². The highest BCUT2D eigenvalue weighted by Crippen LogP contribution is 2.31. The largest absolute Gasteiger partial charge is 0.496 e. The Morgan fingerprint density at radius 2 is 1.88 bits per heavy atom. The summed E-state index contributed by atoms with van der Waals surface area (Å²) in [6, 6.07) is 3.60. The van der Waals surface area contributed by atoms with Gasteiger partial charge in [-0.15, -0.1) is 0 Å². The molecule has 0 aromatic heterocycles. The lowest BCUT2D eigenvalue weighted by Crippen LogP contribution is -2.35. The van der Waals surface area contributed by atoms with Gasteiger partial charge in [0.2, 0.25) is 0 Å². The maximum absolute atomic E-state index is 12.0. The number of ether oxygens (including phenoxy) is 2. The molecule has 1 heterocycles. The Labute approximate surface area is 151 Å². The number of benzene rings is 1. The van der Waals surface area contributed by atoms with Crippen molar-refractivity contribution in [1.82, 2.24) is 10.3 Å². The van der Waals surface area contributed by atoms with E-state index in [1.165, 1.54) is 12.8 Å². The highest BCUT2D eigenvalue weighted by atomic mass is 79.9. The van der Waals surface area contributed by atoms with Crippen LogP contribution in [-0.4, -0.2) is 50.9 Å². The van der Waals surface area contributed by atoms with E-state index in [-0.39, 0.29) is 5.91 Å². The van der Waals surface area contributed by atoms with Crippen molar-refractivity contribution >= 4 is 28.1 Å². The number of carbonyl (C=O) groups is 1. The third-order valence-corrected chi connectivity index (χ3v) is 4.58. The molecule has 0 unspecified atom stereocenters. The van der Waals surface area contributed by atoms with Gasteiger partial charge in [0.05, 0.1) is 31.5 Å². The third-order valence-electron chi connectivity index (χ3n) is 3.96. The minimum atomic E-state index is -0.0975. The lowest BCUT2D eigenvalue weighted by molar-refractivity contribution is -0.122. The normalized spacial score (nSPS) is 16.0. The molecule has 1 aliphatic rings. The quantitative estimate of drug-likeness (QED) is 0.591. The van der Waals surface area contributed by atoms with Crippen molar-refractivity contribution in [3.8, 4) is 11.5 Å². The SMILES string of the molecule is COc1cc(OC)c(/C=N/NC(=O)CN2CCCCCC2)cc1Br. The zero-order valence-corrected chi connectivity index (χ0v) is 15.8. The summed E-state index contributed by atoms with van der Waals surface area (Å²) in [6.45, 7) is 2.35. The van der Waals surface area contributed by atoms with E-state index in [2.05, 4.69) is 31.4 Å². The average molecular weight is 398 g/mol. The van der Waals surface area contributed by atoms with Gasteiger partial charge in [-0.2, -0.15) is 5.10 Å². The van der Waals surface area contributed by atoms with E-state index in [1.54, 1.807) is 26.5 Å². The van der Waals surface area contributed by atoms with Crippen LogP contribution in [0.15, 0.2) is 21.7 Å². The molecular formula is C17H24BrN3O3. The Morgan fingerprint density at radius 3 is 2.50 bits per heavy atom. The van der Waals surface area contributed by atoms with Gasteiger partial charge in [-0.05, 0) is 47.9 Å². The van der Waals surface area contributed by atoms with Crippen LogP contribution in [0.4, 0.5) is 0 Å². The fraction of sp³-hybridized carbons (Fsp3) is 0.529. The Hall–Kier alpha value is -1.60. The van der Waals surface area contributed by atoms with Crippen LogP contribution in [0.5, 0.6) is 11.5 Å². The molecular weight excluding hydrogens is 374 g/mol. The minimum Gasteiger partial charge on any atom is -0.496 e. The molecule has 0 atom stereocenters. The second-order valence-electron chi connectivity index (χ2n) is 5.71. The predicted octanol–water partition coefficient (Wildman–Crippen LogP) is 2.79. The first-order valence-corrected chi connectivity index (χ1v) is 8.89. The van der Waals surface area contributed by atoms with Gasteiger partial charge in [0.15, 0.2) is 0 Å². The topological polar surface area (TPSA) is 63.2 Å². The maximum Gasteiger partial charge on any atom is 0.254 e. The first kappa shape index (κ1) is 18.7. The standard InChI is InChI=1S/C17H24BrN3O3/c1-23-15-10-16(24-2)14(18)9-13(15)11-19-20-17(22)12-21-7-5-3-4-6-8-21/h9-11H,3-8,12H2,1-2H3,(H,20,22)/b19-11+. The van der Waals surface area contributed by atoms with E-state index in [4.69, 9.17) is 9.47 Å². The zero-order valence-electron chi connectivity index (χ0n) is 14.2. The summed E-state index contributed by atoms with van der Waals surface area (Å²) in [5, 5.41) is 4.04. The van der Waals surface area contributed by atoms with E-state index >= 15 is 0 Å². The molecule has 1 aromatic rings. The van der Waals surface area contributed by atoms with Crippen LogP contribution in [0.25, 0.3) is 0 Å². The number of methoxy groups -OCH3 is 2. The molecule has 1 fully saturated rings. The van der Waals surface area contributed by atoms with Crippen LogP contribution in [0.1, 0.15) is 31.2 Å². The molecule has 1 aliphatic heterocycles. The van der Waals surface area contributed by atoms with Gasteiger partial charge in [-0.25, -0.2) is 5.43 Å². The van der Waals surface area contributed by atoms with Gasteiger partial charge in [0.1, 0.15) is 11.5 Å². The summed E-state index contributed by atoms with van der Waals surface area (Å²) in [5.74, 6) is 1.20. The van der Waals surface area contributed by atoms with E-state index in [0.29, 0.717) is 18.0 Å². The molecule has 0 spiro atoms. The molecule has 0 aliphatic carbocycles. The summed E-state index contributed by atoms with van der Waals surface area (Å²) in [5.41, 5.74) is 3.34. The van der Waals surface area contributed by atoms with Gasteiger partial charge in [-0.3, -0.25) is 9.69 Å². The number of halogens is 1. The predicted molar refractivity (Wildman–Crippen MR) is 97.9 cm³/mol. The second-order valence-corrected chi connectivity index (χ2v) is 6.57. The van der Waals surface area contributed by atoms with Crippen molar-refractivity contribution in [3.05, 3.63) is 22.2 Å². The highest BCUT2D eigenvalue weighted by molar-refractivity contribution is 9.10. The molecule has 1 amide bonds. The molecule has 1 N–H and O–H groups in total. The molecule has 1 saturated heterocycles. The van der Waals surface area contributed by atoms with Crippen LogP contribution >= 0.6 is 15.9 Å². The summed E-state index contributed by atoms with van der Waals surface area (Å²) in [6.07, 6.45) is 6.40. The number of hydrogen-bond acceptors (Lipinski definition) is 5. The third kappa shape index (κ3) is 5.49. The first-order valence-electron chi connectivity index (χ1n) is 8.10. The number of carbonyl (C=O) groups excluding carboxylic acids is 1. The van der Waals surface area contributed by atoms with Crippen molar-refractivity contribution < 1.29 is 14.3 Å². The molecule has 7 heteroatoms. The fourth-order valence-electron chi connectivity index (χ4n) is 2.69. The smallest absolute Gasteiger partial charge is 0.254 e. The number of likely N-dealkylation sites (tertiary alicyclic amines) is 1. The van der Waals surface area contributed by atoms with Crippen molar-refractivity contribution in [3.63, 3.8) is 0 Å². The monoisotopic (exact) mass is 397 g/mol. The second kappa shape index (κ2) is 9.64.